The van der Waals surface area contributed by atoms with Crippen LogP contribution in [0.2, 0.25) is 0 Å². The molecule has 2 amide bonds. The van der Waals surface area contributed by atoms with Gasteiger partial charge in [-0.25, -0.2) is 5.01 Å². The van der Waals surface area contributed by atoms with Crippen molar-refractivity contribution in [1.82, 2.24) is 15.3 Å². The molecule has 1 aliphatic heterocycles. The molecule has 0 unspecified atom stereocenters. The molecule has 7 heteroatoms. The zero-order valence-corrected chi connectivity index (χ0v) is 13.7. The predicted octanol–water partition coefficient (Wildman–Crippen LogP) is 0.975. The lowest BCUT2D eigenvalue weighted by atomic mass is 10.2. The summed E-state index contributed by atoms with van der Waals surface area (Å²) < 4.78 is 0.753. The number of carbonyl (C=O) groups is 2. The van der Waals surface area contributed by atoms with Crippen LogP contribution in [0.15, 0.2) is 22.7 Å². The first-order valence-electron chi connectivity index (χ1n) is 6.77. The number of likely N-dealkylation sites (N-methyl/N-ethyl adjacent to an activating group) is 1. The van der Waals surface area contributed by atoms with Crippen LogP contribution >= 0.6 is 15.9 Å². The van der Waals surface area contributed by atoms with E-state index in [9.17, 15) is 9.59 Å². The fraction of sp³-hybridized carbons (Fsp3) is 0.429. The van der Waals surface area contributed by atoms with Gasteiger partial charge in [-0.2, -0.15) is 0 Å². The molecule has 0 atom stereocenters. The molecular weight excluding hydrogens is 336 g/mol. The van der Waals surface area contributed by atoms with Crippen molar-refractivity contribution in [3.63, 3.8) is 0 Å². The molecule has 0 radical (unpaired) electrons. The molecule has 1 aliphatic rings. The Kier molecular flexibility index (Phi) is 5.33. The number of hydrogen-bond acceptors (Lipinski definition) is 4. The first-order chi connectivity index (χ1) is 9.95. The average molecular weight is 355 g/mol. The van der Waals surface area contributed by atoms with Gasteiger partial charge in [-0.05, 0) is 47.6 Å². The van der Waals surface area contributed by atoms with Crippen molar-refractivity contribution in [3.05, 3.63) is 28.2 Å². The minimum absolute atomic E-state index is 0.583. The third-order valence-electron chi connectivity index (χ3n) is 3.34. The summed E-state index contributed by atoms with van der Waals surface area (Å²) in [6.07, 6.45) is 0. The van der Waals surface area contributed by atoms with Crippen molar-refractivity contribution in [3.8, 4) is 0 Å². The summed E-state index contributed by atoms with van der Waals surface area (Å²) in [7, 11) is 2.03. The highest BCUT2D eigenvalue weighted by molar-refractivity contribution is 9.10. The molecule has 114 valence electrons. The lowest BCUT2D eigenvalue weighted by Crippen LogP contribution is -2.54. The fourth-order valence-corrected chi connectivity index (χ4v) is 2.61. The highest BCUT2D eigenvalue weighted by Crippen LogP contribution is 2.23. The largest absolute Gasteiger partial charge is 0.323 e. The van der Waals surface area contributed by atoms with Gasteiger partial charge in [0.05, 0.1) is 5.69 Å². The van der Waals surface area contributed by atoms with E-state index in [0.717, 1.165) is 23.1 Å². The van der Waals surface area contributed by atoms with E-state index < -0.39 is 11.8 Å². The zero-order valence-electron chi connectivity index (χ0n) is 12.1. The van der Waals surface area contributed by atoms with Gasteiger partial charge in [-0.1, -0.05) is 6.07 Å². The summed E-state index contributed by atoms with van der Waals surface area (Å²) in [4.78, 5) is 26.0. The lowest BCUT2D eigenvalue weighted by molar-refractivity contribution is -0.139. The Morgan fingerprint density at radius 2 is 1.81 bits per heavy atom. The molecule has 0 spiro atoms. The van der Waals surface area contributed by atoms with E-state index in [1.165, 1.54) is 0 Å². The van der Waals surface area contributed by atoms with Gasteiger partial charge in [0, 0.05) is 30.7 Å². The van der Waals surface area contributed by atoms with Crippen LogP contribution in [0.3, 0.4) is 0 Å². The van der Waals surface area contributed by atoms with Gasteiger partial charge in [-0.15, -0.1) is 0 Å². The van der Waals surface area contributed by atoms with Crippen molar-refractivity contribution in [2.45, 2.75) is 6.92 Å². The van der Waals surface area contributed by atoms with E-state index in [0.29, 0.717) is 18.8 Å². The smallest absolute Gasteiger partial charge is 0.317 e. The van der Waals surface area contributed by atoms with Crippen LogP contribution in [0.4, 0.5) is 5.69 Å². The normalized spacial score (nSPS) is 16.5. The Bertz CT molecular complexity index is 542. The highest BCUT2D eigenvalue weighted by Gasteiger charge is 2.20. The fourth-order valence-electron chi connectivity index (χ4n) is 2.01. The Balaban J connectivity index is 1.89. The first-order valence-corrected chi connectivity index (χ1v) is 7.56. The molecule has 2 N–H and O–H groups in total. The summed E-state index contributed by atoms with van der Waals surface area (Å²) >= 11 is 3.37. The number of piperazine rings is 1. The maximum absolute atomic E-state index is 11.9. The topological polar surface area (TPSA) is 64.7 Å². The van der Waals surface area contributed by atoms with Crippen molar-refractivity contribution < 1.29 is 9.59 Å². The third kappa shape index (κ3) is 4.52. The Morgan fingerprint density at radius 1 is 1.14 bits per heavy atom. The Labute approximate surface area is 132 Å². The van der Waals surface area contributed by atoms with Gasteiger partial charge < -0.3 is 10.2 Å². The Morgan fingerprint density at radius 3 is 2.43 bits per heavy atom. The standard InChI is InChI=1S/C14H19BrN4O2/c1-10-3-4-12(11(15)9-10)16-13(20)14(21)17-19-7-5-18(2)6-8-19/h3-4,9H,5-8H2,1-2H3,(H,16,20)(H,17,21). The number of halogens is 1. The van der Waals surface area contributed by atoms with Crippen LogP contribution in [0.5, 0.6) is 0 Å². The second kappa shape index (κ2) is 7.02. The molecule has 21 heavy (non-hydrogen) atoms. The van der Waals surface area contributed by atoms with Crippen LogP contribution in [-0.2, 0) is 9.59 Å². The average Bonchev–Trinajstić information content (AvgIpc) is 2.44. The number of benzene rings is 1. The molecule has 0 aromatic heterocycles. The van der Waals surface area contributed by atoms with E-state index in [1.54, 1.807) is 11.1 Å². The number of nitrogens with one attached hydrogen (secondary N) is 2. The van der Waals surface area contributed by atoms with E-state index >= 15 is 0 Å². The minimum atomic E-state index is -0.668. The molecule has 1 heterocycles. The number of hydrogen-bond donors (Lipinski definition) is 2. The second-order valence-electron chi connectivity index (χ2n) is 5.17. The van der Waals surface area contributed by atoms with Crippen LogP contribution < -0.4 is 10.7 Å². The maximum Gasteiger partial charge on any atom is 0.323 e. The van der Waals surface area contributed by atoms with Crippen LogP contribution in [-0.4, -0.2) is 54.9 Å². The zero-order chi connectivity index (χ0) is 15.4. The van der Waals surface area contributed by atoms with Crippen molar-refractivity contribution in [1.29, 1.82) is 0 Å². The van der Waals surface area contributed by atoms with E-state index in [2.05, 4.69) is 31.6 Å². The van der Waals surface area contributed by atoms with Gasteiger partial charge >= 0.3 is 11.8 Å². The number of carbonyl (C=O) groups excluding carboxylic acids is 2. The summed E-state index contributed by atoms with van der Waals surface area (Å²) in [6, 6.07) is 5.52. The summed E-state index contributed by atoms with van der Waals surface area (Å²) in [5, 5.41) is 4.37. The second-order valence-corrected chi connectivity index (χ2v) is 6.02. The number of aryl methyl sites for hydroxylation is 1. The molecular formula is C14H19BrN4O2. The molecule has 1 aromatic carbocycles. The third-order valence-corrected chi connectivity index (χ3v) is 4.00. The Hall–Kier alpha value is -1.44. The SMILES string of the molecule is Cc1ccc(NC(=O)C(=O)NN2CCN(C)CC2)c(Br)c1. The minimum Gasteiger partial charge on any atom is -0.317 e. The molecule has 1 fully saturated rings. The van der Waals surface area contributed by atoms with E-state index in [1.807, 2.05) is 26.1 Å². The number of amides is 2. The van der Waals surface area contributed by atoms with Crippen molar-refractivity contribution >= 4 is 33.4 Å². The summed E-state index contributed by atoms with van der Waals surface area (Å²) in [5.41, 5.74) is 4.28. The first kappa shape index (κ1) is 15.9. The quantitative estimate of drug-likeness (QED) is 0.777. The molecule has 0 aliphatic carbocycles. The van der Waals surface area contributed by atoms with E-state index in [4.69, 9.17) is 0 Å². The number of nitrogens with zero attached hydrogens (tertiary/aromatic N) is 2. The van der Waals surface area contributed by atoms with Gasteiger partial charge in [-0.3, -0.25) is 15.0 Å². The van der Waals surface area contributed by atoms with Crippen LogP contribution in [0.1, 0.15) is 5.56 Å². The highest BCUT2D eigenvalue weighted by atomic mass is 79.9. The summed E-state index contributed by atoms with van der Waals surface area (Å²) in [5.74, 6) is -1.31. The van der Waals surface area contributed by atoms with Crippen LogP contribution in [0, 0.1) is 6.92 Å². The van der Waals surface area contributed by atoms with Gasteiger partial charge in [0.15, 0.2) is 0 Å². The molecule has 2 rings (SSSR count). The van der Waals surface area contributed by atoms with Gasteiger partial charge in [0.2, 0.25) is 0 Å². The van der Waals surface area contributed by atoms with E-state index in [-0.39, 0.29) is 0 Å². The van der Waals surface area contributed by atoms with Gasteiger partial charge in [0.1, 0.15) is 0 Å². The molecule has 0 saturated carbocycles. The monoisotopic (exact) mass is 354 g/mol. The van der Waals surface area contributed by atoms with Gasteiger partial charge in [0.25, 0.3) is 0 Å². The summed E-state index contributed by atoms with van der Waals surface area (Å²) in [6.45, 7) is 5.11. The molecule has 0 bridgehead atoms. The van der Waals surface area contributed by atoms with Crippen molar-refractivity contribution in [2.75, 3.05) is 38.5 Å². The number of rotatable bonds is 2. The molecule has 1 aromatic rings. The molecule has 1 saturated heterocycles. The number of hydrazine groups is 1. The molecule has 6 nitrogen and oxygen atoms in total. The lowest BCUT2D eigenvalue weighted by Gasteiger charge is -2.32. The maximum atomic E-state index is 11.9. The predicted molar refractivity (Wildman–Crippen MR) is 84.7 cm³/mol. The number of anilines is 1. The van der Waals surface area contributed by atoms with Crippen molar-refractivity contribution in [2.24, 2.45) is 0 Å². The van der Waals surface area contributed by atoms with Crippen LogP contribution in [0.25, 0.3) is 0 Å².